The highest BCUT2D eigenvalue weighted by Crippen LogP contribution is 2.01. The van der Waals surface area contributed by atoms with E-state index in [1.54, 1.807) is 10.9 Å². The predicted octanol–water partition coefficient (Wildman–Crippen LogP) is 1.06. The standard InChI is InChI=1S/C8H7N3O2S/c12-8(7-3-14-5-11-7)9-1-6-2-13-4-10-6/h2-5H,1H2,(H,9,12). The zero-order valence-electron chi connectivity index (χ0n) is 7.14. The van der Waals surface area contributed by atoms with Gasteiger partial charge in [-0.1, -0.05) is 0 Å². The summed E-state index contributed by atoms with van der Waals surface area (Å²) in [5, 5.41) is 4.36. The second-order valence-electron chi connectivity index (χ2n) is 2.54. The first-order valence-corrected chi connectivity index (χ1v) is 4.84. The molecule has 1 N–H and O–H groups in total. The van der Waals surface area contributed by atoms with E-state index in [0.29, 0.717) is 17.9 Å². The van der Waals surface area contributed by atoms with Gasteiger partial charge in [0.15, 0.2) is 6.39 Å². The molecule has 0 unspecified atom stereocenters. The molecule has 0 aromatic carbocycles. The molecule has 0 radical (unpaired) electrons. The van der Waals surface area contributed by atoms with Gasteiger partial charge in [0.05, 0.1) is 17.7 Å². The molecule has 0 aliphatic rings. The molecule has 0 spiro atoms. The van der Waals surface area contributed by atoms with Crippen molar-refractivity contribution in [3.8, 4) is 0 Å². The molecule has 0 aliphatic carbocycles. The van der Waals surface area contributed by atoms with Crippen molar-refractivity contribution < 1.29 is 9.21 Å². The number of hydrogen-bond donors (Lipinski definition) is 1. The highest BCUT2D eigenvalue weighted by atomic mass is 32.1. The van der Waals surface area contributed by atoms with Crippen LogP contribution >= 0.6 is 11.3 Å². The Morgan fingerprint density at radius 1 is 1.57 bits per heavy atom. The molecule has 72 valence electrons. The second-order valence-corrected chi connectivity index (χ2v) is 3.25. The fourth-order valence-corrected chi connectivity index (χ4v) is 1.44. The summed E-state index contributed by atoms with van der Waals surface area (Å²) in [6, 6.07) is 0. The Morgan fingerprint density at radius 3 is 3.14 bits per heavy atom. The van der Waals surface area contributed by atoms with E-state index >= 15 is 0 Å². The van der Waals surface area contributed by atoms with E-state index < -0.39 is 0 Å². The highest BCUT2D eigenvalue weighted by molar-refractivity contribution is 7.07. The van der Waals surface area contributed by atoms with Gasteiger partial charge in [0, 0.05) is 5.38 Å². The normalized spacial score (nSPS) is 10.0. The van der Waals surface area contributed by atoms with Crippen molar-refractivity contribution in [3.05, 3.63) is 34.9 Å². The summed E-state index contributed by atoms with van der Waals surface area (Å²) < 4.78 is 4.76. The third-order valence-electron chi connectivity index (χ3n) is 1.58. The molecule has 2 aromatic rings. The minimum atomic E-state index is -0.200. The Labute approximate surface area is 83.8 Å². The van der Waals surface area contributed by atoms with Crippen LogP contribution in [0.5, 0.6) is 0 Å². The maximum Gasteiger partial charge on any atom is 0.271 e. The van der Waals surface area contributed by atoms with E-state index in [9.17, 15) is 4.79 Å². The number of carbonyl (C=O) groups is 1. The van der Waals surface area contributed by atoms with E-state index in [1.165, 1.54) is 24.0 Å². The first-order valence-electron chi connectivity index (χ1n) is 3.90. The lowest BCUT2D eigenvalue weighted by atomic mass is 10.4. The lowest BCUT2D eigenvalue weighted by Gasteiger charge is -1.98. The molecule has 0 aliphatic heterocycles. The molecule has 0 bridgehead atoms. The molecule has 0 saturated heterocycles. The summed E-state index contributed by atoms with van der Waals surface area (Å²) in [4.78, 5) is 19.1. The van der Waals surface area contributed by atoms with Crippen molar-refractivity contribution >= 4 is 17.2 Å². The van der Waals surface area contributed by atoms with Crippen molar-refractivity contribution in [1.29, 1.82) is 0 Å². The number of carbonyl (C=O) groups excluding carboxylic acids is 1. The first kappa shape index (κ1) is 8.89. The molecule has 2 heterocycles. The Morgan fingerprint density at radius 2 is 2.50 bits per heavy atom. The Bertz CT molecular complexity index is 396. The smallest absolute Gasteiger partial charge is 0.271 e. The van der Waals surface area contributed by atoms with E-state index in [-0.39, 0.29) is 5.91 Å². The van der Waals surface area contributed by atoms with Crippen LogP contribution in [0, 0.1) is 0 Å². The van der Waals surface area contributed by atoms with E-state index in [4.69, 9.17) is 4.42 Å². The Hall–Kier alpha value is -1.69. The Kier molecular flexibility index (Phi) is 2.55. The molecule has 2 aromatic heterocycles. The fourth-order valence-electron chi connectivity index (χ4n) is 0.911. The number of amides is 1. The van der Waals surface area contributed by atoms with Crippen molar-refractivity contribution in [2.24, 2.45) is 0 Å². The number of nitrogens with one attached hydrogen (secondary N) is 1. The molecule has 14 heavy (non-hydrogen) atoms. The van der Waals surface area contributed by atoms with Gasteiger partial charge in [-0.05, 0) is 0 Å². The molecule has 0 saturated carbocycles. The van der Waals surface area contributed by atoms with Crippen LogP contribution in [0.3, 0.4) is 0 Å². The first-order chi connectivity index (χ1) is 6.86. The summed E-state index contributed by atoms with van der Waals surface area (Å²) in [7, 11) is 0. The average molecular weight is 209 g/mol. The fraction of sp³-hybridized carbons (Fsp3) is 0.125. The molecule has 6 heteroatoms. The zero-order valence-corrected chi connectivity index (χ0v) is 7.95. The van der Waals surface area contributed by atoms with Gasteiger partial charge in [-0.3, -0.25) is 4.79 Å². The third kappa shape index (κ3) is 1.97. The molecular weight excluding hydrogens is 202 g/mol. The lowest BCUT2D eigenvalue weighted by molar-refractivity contribution is 0.0946. The number of rotatable bonds is 3. The van der Waals surface area contributed by atoms with Crippen LogP contribution in [-0.4, -0.2) is 15.9 Å². The van der Waals surface area contributed by atoms with Crippen LogP contribution in [0.15, 0.2) is 28.0 Å². The SMILES string of the molecule is O=C(NCc1cocn1)c1cscn1. The third-order valence-corrected chi connectivity index (χ3v) is 2.16. The van der Waals surface area contributed by atoms with Crippen molar-refractivity contribution in [2.45, 2.75) is 6.54 Å². The van der Waals surface area contributed by atoms with Gasteiger partial charge >= 0.3 is 0 Å². The van der Waals surface area contributed by atoms with Crippen LogP contribution in [-0.2, 0) is 6.54 Å². The maximum atomic E-state index is 11.4. The molecule has 5 nitrogen and oxygen atoms in total. The summed E-state index contributed by atoms with van der Waals surface area (Å²) >= 11 is 1.39. The van der Waals surface area contributed by atoms with Crippen LogP contribution in [0.1, 0.15) is 16.2 Å². The highest BCUT2D eigenvalue weighted by Gasteiger charge is 2.07. The molecular formula is C8H7N3O2S. The summed E-state index contributed by atoms with van der Waals surface area (Å²) in [6.07, 6.45) is 2.81. The van der Waals surface area contributed by atoms with Gasteiger partial charge in [0.1, 0.15) is 12.0 Å². The van der Waals surface area contributed by atoms with Gasteiger partial charge in [-0.2, -0.15) is 0 Å². The van der Waals surface area contributed by atoms with Crippen molar-refractivity contribution in [2.75, 3.05) is 0 Å². The number of thiazole rings is 1. The molecule has 2 rings (SSSR count). The van der Waals surface area contributed by atoms with E-state index in [2.05, 4.69) is 15.3 Å². The zero-order chi connectivity index (χ0) is 9.80. The summed E-state index contributed by atoms with van der Waals surface area (Å²) in [5.74, 6) is -0.200. The molecule has 1 amide bonds. The Balaban J connectivity index is 1.90. The second kappa shape index (κ2) is 4.01. The largest absolute Gasteiger partial charge is 0.451 e. The average Bonchev–Trinajstić information content (AvgIpc) is 2.87. The minimum absolute atomic E-state index is 0.200. The van der Waals surface area contributed by atoms with Gasteiger partial charge in [-0.25, -0.2) is 9.97 Å². The lowest BCUT2D eigenvalue weighted by Crippen LogP contribution is -2.23. The van der Waals surface area contributed by atoms with Crippen molar-refractivity contribution in [3.63, 3.8) is 0 Å². The number of aromatic nitrogens is 2. The predicted molar refractivity (Wildman–Crippen MR) is 49.8 cm³/mol. The summed E-state index contributed by atoms with van der Waals surface area (Å²) in [6.45, 7) is 0.354. The quantitative estimate of drug-likeness (QED) is 0.820. The van der Waals surface area contributed by atoms with E-state index in [0.717, 1.165) is 0 Å². The van der Waals surface area contributed by atoms with E-state index in [1.807, 2.05) is 0 Å². The minimum Gasteiger partial charge on any atom is -0.451 e. The van der Waals surface area contributed by atoms with Gasteiger partial charge < -0.3 is 9.73 Å². The number of hydrogen-bond acceptors (Lipinski definition) is 5. The topological polar surface area (TPSA) is 68.0 Å². The summed E-state index contributed by atoms with van der Waals surface area (Å²) in [5.41, 5.74) is 2.73. The van der Waals surface area contributed by atoms with Gasteiger partial charge in [-0.15, -0.1) is 11.3 Å². The number of oxazole rings is 1. The van der Waals surface area contributed by atoms with Crippen LogP contribution in [0.25, 0.3) is 0 Å². The monoisotopic (exact) mass is 209 g/mol. The maximum absolute atomic E-state index is 11.4. The molecule has 0 atom stereocenters. The van der Waals surface area contributed by atoms with Crippen LogP contribution in [0.2, 0.25) is 0 Å². The van der Waals surface area contributed by atoms with Gasteiger partial charge in [0.2, 0.25) is 0 Å². The van der Waals surface area contributed by atoms with Crippen LogP contribution < -0.4 is 5.32 Å². The molecule has 0 fully saturated rings. The van der Waals surface area contributed by atoms with Crippen molar-refractivity contribution in [1.82, 2.24) is 15.3 Å². The van der Waals surface area contributed by atoms with Crippen LogP contribution in [0.4, 0.5) is 0 Å². The van der Waals surface area contributed by atoms with Gasteiger partial charge in [0.25, 0.3) is 5.91 Å². The number of nitrogens with zero attached hydrogens (tertiary/aromatic N) is 2.